The van der Waals surface area contributed by atoms with Crippen molar-refractivity contribution in [3.8, 4) is 5.06 Å². The molecule has 0 atom stereocenters. The predicted octanol–water partition coefficient (Wildman–Crippen LogP) is 1.13. The molecule has 0 spiro atoms. The summed E-state index contributed by atoms with van der Waals surface area (Å²) in [5, 5.41) is 4.17. The normalized spacial score (nSPS) is 9.44. The minimum absolute atomic E-state index is 0.678. The van der Waals surface area contributed by atoms with Crippen molar-refractivity contribution in [1.29, 1.82) is 0 Å². The third-order valence-electron chi connectivity index (χ3n) is 0.743. The SMILES string of the molecule is CCCOc1[c]nns1. The molecule has 0 bridgehead atoms. The van der Waals surface area contributed by atoms with Crippen LogP contribution in [0.2, 0.25) is 0 Å². The maximum atomic E-state index is 5.13. The summed E-state index contributed by atoms with van der Waals surface area (Å²) in [5.41, 5.74) is 0. The van der Waals surface area contributed by atoms with E-state index < -0.39 is 0 Å². The van der Waals surface area contributed by atoms with Gasteiger partial charge in [0.1, 0.15) is 0 Å². The third kappa shape index (κ3) is 1.97. The van der Waals surface area contributed by atoms with Crippen molar-refractivity contribution in [1.82, 2.24) is 9.59 Å². The fourth-order valence-corrected chi connectivity index (χ4v) is 0.766. The number of aromatic nitrogens is 2. The van der Waals surface area contributed by atoms with Crippen LogP contribution in [0.1, 0.15) is 13.3 Å². The van der Waals surface area contributed by atoms with Crippen LogP contribution in [0.4, 0.5) is 0 Å². The third-order valence-corrected chi connectivity index (χ3v) is 1.28. The average molecular weight is 143 g/mol. The van der Waals surface area contributed by atoms with Gasteiger partial charge in [-0.1, -0.05) is 11.4 Å². The van der Waals surface area contributed by atoms with Crippen LogP contribution < -0.4 is 4.74 Å². The van der Waals surface area contributed by atoms with Crippen molar-refractivity contribution in [2.75, 3.05) is 6.61 Å². The number of hydrogen-bond acceptors (Lipinski definition) is 4. The van der Waals surface area contributed by atoms with E-state index in [-0.39, 0.29) is 0 Å². The highest BCUT2D eigenvalue weighted by atomic mass is 32.1. The molecule has 0 aliphatic heterocycles. The van der Waals surface area contributed by atoms with Crippen LogP contribution in [0.5, 0.6) is 5.06 Å². The molecule has 1 rings (SSSR count). The van der Waals surface area contributed by atoms with E-state index in [9.17, 15) is 0 Å². The van der Waals surface area contributed by atoms with Gasteiger partial charge in [-0.25, -0.2) is 0 Å². The zero-order valence-electron chi connectivity index (χ0n) is 5.13. The minimum atomic E-state index is 0.678. The lowest BCUT2D eigenvalue weighted by atomic mass is 10.5. The lowest BCUT2D eigenvalue weighted by Crippen LogP contribution is -1.91. The van der Waals surface area contributed by atoms with Crippen molar-refractivity contribution >= 4 is 11.5 Å². The second kappa shape index (κ2) is 3.40. The number of ether oxygens (including phenoxy) is 1. The second-order valence-corrected chi connectivity index (χ2v) is 2.24. The van der Waals surface area contributed by atoms with Gasteiger partial charge in [0.25, 0.3) is 0 Å². The summed E-state index contributed by atoms with van der Waals surface area (Å²) < 4.78 is 8.72. The molecule has 0 saturated heterocycles. The van der Waals surface area contributed by atoms with Gasteiger partial charge in [-0.2, -0.15) is 0 Å². The van der Waals surface area contributed by atoms with Gasteiger partial charge in [-0.05, 0) is 6.42 Å². The molecule has 0 aliphatic rings. The highest BCUT2D eigenvalue weighted by Crippen LogP contribution is 2.11. The van der Waals surface area contributed by atoms with Crippen molar-refractivity contribution in [3.05, 3.63) is 6.20 Å². The Morgan fingerprint density at radius 3 is 3.22 bits per heavy atom. The van der Waals surface area contributed by atoms with Gasteiger partial charge in [0.2, 0.25) is 5.06 Å². The Hall–Kier alpha value is -0.640. The highest BCUT2D eigenvalue weighted by Gasteiger charge is 1.93. The van der Waals surface area contributed by atoms with Crippen LogP contribution in [0.3, 0.4) is 0 Å². The Morgan fingerprint density at radius 1 is 1.78 bits per heavy atom. The molecule has 3 nitrogen and oxygen atoms in total. The van der Waals surface area contributed by atoms with Gasteiger partial charge in [-0.3, -0.25) is 0 Å². The van der Waals surface area contributed by atoms with Crippen molar-refractivity contribution in [2.45, 2.75) is 13.3 Å². The molecule has 0 amide bonds. The number of nitrogens with zero attached hydrogens (tertiary/aromatic N) is 2. The molecule has 1 aromatic rings. The Kier molecular flexibility index (Phi) is 2.45. The maximum Gasteiger partial charge on any atom is 0.224 e. The number of rotatable bonds is 3. The zero-order chi connectivity index (χ0) is 6.53. The Morgan fingerprint density at radius 2 is 2.67 bits per heavy atom. The lowest BCUT2D eigenvalue weighted by Gasteiger charge is -1.94. The van der Waals surface area contributed by atoms with Crippen LogP contribution in [0, 0.1) is 6.20 Å². The van der Waals surface area contributed by atoms with Gasteiger partial charge in [0, 0.05) is 11.5 Å². The van der Waals surface area contributed by atoms with E-state index in [0.717, 1.165) is 13.0 Å². The van der Waals surface area contributed by atoms with Crippen LogP contribution in [0.15, 0.2) is 0 Å². The summed E-state index contributed by atoms with van der Waals surface area (Å²) in [5.74, 6) is 0. The molecule has 49 valence electrons. The first kappa shape index (κ1) is 6.48. The van der Waals surface area contributed by atoms with Gasteiger partial charge in [-0.15, -0.1) is 5.10 Å². The van der Waals surface area contributed by atoms with Crippen LogP contribution in [-0.4, -0.2) is 16.2 Å². The summed E-state index contributed by atoms with van der Waals surface area (Å²) in [7, 11) is 0. The van der Waals surface area contributed by atoms with E-state index in [1.165, 1.54) is 11.5 Å². The molecule has 0 saturated carbocycles. The predicted molar refractivity (Wildman–Crippen MR) is 34.5 cm³/mol. The van der Waals surface area contributed by atoms with E-state index >= 15 is 0 Å². The van der Waals surface area contributed by atoms with E-state index in [2.05, 4.69) is 22.7 Å². The molecule has 0 aliphatic carbocycles. The molecular weight excluding hydrogens is 136 g/mol. The molecule has 1 heterocycles. The maximum absolute atomic E-state index is 5.13. The van der Waals surface area contributed by atoms with Gasteiger partial charge < -0.3 is 4.74 Å². The molecule has 0 N–H and O–H groups in total. The summed E-state index contributed by atoms with van der Waals surface area (Å²) in [6, 6.07) is 0. The molecule has 0 aromatic carbocycles. The van der Waals surface area contributed by atoms with E-state index in [4.69, 9.17) is 4.74 Å². The number of hydrogen-bond donors (Lipinski definition) is 0. The van der Waals surface area contributed by atoms with Crippen LogP contribution in [-0.2, 0) is 0 Å². The van der Waals surface area contributed by atoms with Crippen LogP contribution >= 0.6 is 11.5 Å². The van der Waals surface area contributed by atoms with E-state index in [0.29, 0.717) is 5.06 Å². The molecule has 0 unspecified atom stereocenters. The van der Waals surface area contributed by atoms with Crippen molar-refractivity contribution < 1.29 is 4.74 Å². The highest BCUT2D eigenvalue weighted by molar-refractivity contribution is 7.07. The van der Waals surface area contributed by atoms with Crippen LogP contribution in [0.25, 0.3) is 0 Å². The quantitative estimate of drug-likeness (QED) is 0.636. The Labute approximate surface area is 57.8 Å². The standard InChI is InChI=1S/C5H7N2OS/c1-2-3-8-5-4-6-7-9-5/h2-3H2,1H3. The van der Waals surface area contributed by atoms with E-state index in [1.54, 1.807) is 0 Å². The van der Waals surface area contributed by atoms with Gasteiger partial charge in [0.15, 0.2) is 6.20 Å². The summed E-state index contributed by atoms with van der Waals surface area (Å²) >= 11 is 1.22. The van der Waals surface area contributed by atoms with Gasteiger partial charge in [0.05, 0.1) is 6.61 Å². The van der Waals surface area contributed by atoms with Crippen molar-refractivity contribution in [2.24, 2.45) is 0 Å². The second-order valence-electron chi connectivity index (χ2n) is 1.52. The van der Waals surface area contributed by atoms with E-state index in [1.807, 2.05) is 0 Å². The Bertz CT molecular complexity index is 152. The zero-order valence-corrected chi connectivity index (χ0v) is 5.94. The largest absolute Gasteiger partial charge is 0.481 e. The summed E-state index contributed by atoms with van der Waals surface area (Å²) in [4.78, 5) is 0. The first-order valence-electron chi connectivity index (χ1n) is 2.76. The summed E-state index contributed by atoms with van der Waals surface area (Å²) in [6.45, 7) is 2.77. The topological polar surface area (TPSA) is 35.0 Å². The monoisotopic (exact) mass is 143 g/mol. The van der Waals surface area contributed by atoms with Gasteiger partial charge >= 0.3 is 0 Å². The molecule has 0 fully saturated rings. The minimum Gasteiger partial charge on any atom is -0.481 e. The fraction of sp³-hybridized carbons (Fsp3) is 0.600. The van der Waals surface area contributed by atoms with Crippen molar-refractivity contribution in [3.63, 3.8) is 0 Å². The fourth-order valence-electron chi connectivity index (χ4n) is 0.393. The molecule has 1 aromatic heterocycles. The lowest BCUT2D eigenvalue weighted by molar-refractivity contribution is 0.325. The smallest absolute Gasteiger partial charge is 0.224 e. The summed E-state index contributed by atoms with van der Waals surface area (Å²) in [6.07, 6.45) is 3.61. The molecule has 1 radical (unpaired) electrons. The molecule has 4 heteroatoms. The molecular formula is C5H7N2OS. The first-order chi connectivity index (χ1) is 4.43. The first-order valence-corrected chi connectivity index (χ1v) is 3.53. The average Bonchev–Trinajstić information content (AvgIpc) is 2.34. The Balaban J connectivity index is 2.30. The molecule has 9 heavy (non-hydrogen) atoms.